The summed E-state index contributed by atoms with van der Waals surface area (Å²) < 4.78 is 13.2. The normalized spacial score (nSPS) is 17.0. The molecule has 1 atom stereocenters. The molecule has 1 aromatic carbocycles. The molecule has 5 nitrogen and oxygen atoms in total. The van der Waals surface area contributed by atoms with Crippen molar-refractivity contribution >= 4 is 11.7 Å². The van der Waals surface area contributed by atoms with Crippen molar-refractivity contribution in [3.05, 3.63) is 59.5 Å². The van der Waals surface area contributed by atoms with Crippen LogP contribution in [-0.4, -0.2) is 35.2 Å². The van der Waals surface area contributed by atoms with Crippen LogP contribution in [0.3, 0.4) is 0 Å². The number of nitrogens with zero attached hydrogens (tertiary/aromatic N) is 2. The van der Waals surface area contributed by atoms with E-state index in [-0.39, 0.29) is 24.8 Å². The number of carbonyl (C=O) groups is 1. The van der Waals surface area contributed by atoms with Crippen molar-refractivity contribution < 1.29 is 14.3 Å². The van der Waals surface area contributed by atoms with Crippen molar-refractivity contribution in [2.45, 2.75) is 44.7 Å². The van der Waals surface area contributed by atoms with Crippen LogP contribution < -0.4 is 10.2 Å². The Labute approximate surface area is 159 Å². The number of carbonyl (C=O) groups excluding carboxylic acids is 1. The number of aliphatic hydroxyl groups excluding tert-OH is 1. The number of piperidine rings is 1. The van der Waals surface area contributed by atoms with E-state index in [4.69, 9.17) is 0 Å². The third kappa shape index (κ3) is 5.50. The summed E-state index contributed by atoms with van der Waals surface area (Å²) >= 11 is 0. The molecular formula is C21H26FN3O2. The third-order valence-electron chi connectivity index (χ3n) is 4.94. The Balaban J connectivity index is 1.53. The highest BCUT2D eigenvalue weighted by atomic mass is 19.1. The van der Waals surface area contributed by atoms with Crippen molar-refractivity contribution in [2.75, 3.05) is 18.1 Å². The summed E-state index contributed by atoms with van der Waals surface area (Å²) in [6, 6.07) is 10.4. The predicted molar refractivity (Wildman–Crippen MR) is 103 cm³/mol. The van der Waals surface area contributed by atoms with Crippen molar-refractivity contribution in [2.24, 2.45) is 0 Å². The maximum atomic E-state index is 13.2. The first kappa shape index (κ1) is 19.3. The van der Waals surface area contributed by atoms with Gasteiger partial charge in [-0.3, -0.25) is 4.79 Å². The molecule has 0 spiro atoms. The number of hydrogen-bond acceptors (Lipinski definition) is 4. The van der Waals surface area contributed by atoms with E-state index in [1.165, 1.54) is 18.6 Å². The van der Waals surface area contributed by atoms with Gasteiger partial charge in [0.1, 0.15) is 11.6 Å². The van der Waals surface area contributed by atoms with E-state index >= 15 is 0 Å². The number of hydrogen-bond donors (Lipinski definition) is 2. The molecule has 2 aromatic rings. The van der Waals surface area contributed by atoms with Crippen LogP contribution >= 0.6 is 0 Å². The van der Waals surface area contributed by atoms with Gasteiger partial charge in [-0.2, -0.15) is 0 Å². The van der Waals surface area contributed by atoms with E-state index in [9.17, 15) is 14.3 Å². The van der Waals surface area contributed by atoms with Gasteiger partial charge in [-0.05, 0) is 55.0 Å². The highest BCUT2D eigenvalue weighted by Gasteiger charge is 2.22. The number of aliphatic hydroxyl groups is 1. The number of anilines is 1. The smallest absolute Gasteiger partial charge is 0.224 e. The van der Waals surface area contributed by atoms with Crippen molar-refractivity contribution in [3.8, 4) is 0 Å². The molecule has 1 aliphatic rings. The zero-order valence-corrected chi connectivity index (χ0v) is 15.4. The maximum absolute atomic E-state index is 13.2. The summed E-state index contributed by atoms with van der Waals surface area (Å²) in [4.78, 5) is 18.9. The first-order valence-electron chi connectivity index (χ1n) is 9.49. The Morgan fingerprint density at radius 3 is 2.89 bits per heavy atom. The summed E-state index contributed by atoms with van der Waals surface area (Å²) in [7, 11) is 0. The largest absolute Gasteiger partial charge is 0.396 e. The lowest BCUT2D eigenvalue weighted by Crippen LogP contribution is -2.40. The number of pyridine rings is 1. The number of nitrogens with one attached hydrogen (secondary N) is 1. The summed E-state index contributed by atoms with van der Waals surface area (Å²) in [5, 5.41) is 12.1. The van der Waals surface area contributed by atoms with E-state index in [1.807, 2.05) is 12.1 Å². The molecule has 1 aromatic heterocycles. The summed E-state index contributed by atoms with van der Waals surface area (Å²) in [5.74, 6) is 0.434. The van der Waals surface area contributed by atoms with E-state index in [0.29, 0.717) is 18.2 Å². The molecule has 0 unspecified atom stereocenters. The minimum atomic E-state index is -0.336. The van der Waals surface area contributed by atoms with E-state index in [1.54, 1.807) is 18.3 Å². The Hall–Kier alpha value is -2.47. The highest BCUT2D eigenvalue weighted by molar-refractivity contribution is 5.78. The lowest BCUT2D eigenvalue weighted by molar-refractivity contribution is -0.120. The molecule has 0 aliphatic carbocycles. The molecule has 0 saturated carbocycles. The Kier molecular flexibility index (Phi) is 6.76. The van der Waals surface area contributed by atoms with Gasteiger partial charge in [0.25, 0.3) is 0 Å². The summed E-state index contributed by atoms with van der Waals surface area (Å²) in [5.41, 5.74) is 1.57. The maximum Gasteiger partial charge on any atom is 0.224 e. The number of benzene rings is 1. The number of rotatable bonds is 7. The van der Waals surface area contributed by atoms with E-state index in [2.05, 4.69) is 15.2 Å². The van der Waals surface area contributed by atoms with Crippen LogP contribution in [0.4, 0.5) is 10.2 Å². The van der Waals surface area contributed by atoms with Gasteiger partial charge in [0.05, 0.1) is 6.42 Å². The number of halogens is 1. The van der Waals surface area contributed by atoms with Gasteiger partial charge in [0.15, 0.2) is 0 Å². The molecule has 6 heteroatoms. The topological polar surface area (TPSA) is 65.5 Å². The number of amides is 1. The second kappa shape index (κ2) is 9.46. The average molecular weight is 371 g/mol. The molecule has 27 heavy (non-hydrogen) atoms. The SMILES string of the molecule is O=C(Cc1cccc(F)c1)NCc1ccc(N2CCCC[C@H]2CCO)nc1. The van der Waals surface area contributed by atoms with Crippen LogP contribution in [0.5, 0.6) is 0 Å². The van der Waals surface area contributed by atoms with Crippen LogP contribution in [0.25, 0.3) is 0 Å². The molecular weight excluding hydrogens is 345 g/mol. The van der Waals surface area contributed by atoms with Crippen LogP contribution in [0, 0.1) is 5.82 Å². The van der Waals surface area contributed by atoms with Crippen LogP contribution in [-0.2, 0) is 17.8 Å². The second-order valence-electron chi connectivity index (χ2n) is 6.96. The Morgan fingerprint density at radius 1 is 1.26 bits per heavy atom. The van der Waals surface area contributed by atoms with E-state index in [0.717, 1.165) is 37.2 Å². The monoisotopic (exact) mass is 371 g/mol. The van der Waals surface area contributed by atoms with Gasteiger partial charge in [-0.15, -0.1) is 0 Å². The van der Waals surface area contributed by atoms with Crippen LogP contribution in [0.15, 0.2) is 42.6 Å². The van der Waals surface area contributed by atoms with Crippen molar-refractivity contribution in [1.82, 2.24) is 10.3 Å². The molecule has 1 saturated heterocycles. The fourth-order valence-electron chi connectivity index (χ4n) is 3.54. The average Bonchev–Trinajstić information content (AvgIpc) is 2.68. The van der Waals surface area contributed by atoms with E-state index < -0.39 is 0 Å². The molecule has 1 fully saturated rings. The van der Waals surface area contributed by atoms with Crippen LogP contribution in [0.2, 0.25) is 0 Å². The fourth-order valence-corrected chi connectivity index (χ4v) is 3.54. The van der Waals surface area contributed by atoms with Crippen molar-refractivity contribution in [1.29, 1.82) is 0 Å². The fraction of sp³-hybridized carbons (Fsp3) is 0.429. The second-order valence-corrected chi connectivity index (χ2v) is 6.96. The molecule has 2 N–H and O–H groups in total. The minimum absolute atomic E-state index is 0.149. The molecule has 1 amide bonds. The van der Waals surface area contributed by atoms with Gasteiger partial charge in [0.2, 0.25) is 5.91 Å². The van der Waals surface area contributed by atoms with Gasteiger partial charge in [-0.25, -0.2) is 9.37 Å². The van der Waals surface area contributed by atoms with Crippen LogP contribution in [0.1, 0.15) is 36.8 Å². The predicted octanol–water partition coefficient (Wildman–Crippen LogP) is 2.82. The molecule has 2 heterocycles. The highest BCUT2D eigenvalue weighted by Crippen LogP contribution is 2.25. The summed E-state index contributed by atoms with van der Waals surface area (Å²) in [6.07, 6.45) is 6.11. The third-order valence-corrected chi connectivity index (χ3v) is 4.94. The van der Waals surface area contributed by atoms with Gasteiger partial charge in [0, 0.05) is 31.9 Å². The Bertz CT molecular complexity index is 749. The number of aromatic nitrogens is 1. The summed E-state index contributed by atoms with van der Waals surface area (Å²) in [6.45, 7) is 1.54. The van der Waals surface area contributed by atoms with Gasteiger partial charge < -0.3 is 15.3 Å². The van der Waals surface area contributed by atoms with Crippen molar-refractivity contribution in [3.63, 3.8) is 0 Å². The molecule has 0 bridgehead atoms. The molecule has 1 aliphatic heterocycles. The standard InChI is InChI=1S/C21H26FN3O2/c22-18-5-3-4-16(12-18)13-21(27)24-15-17-7-8-20(23-14-17)25-10-2-1-6-19(25)9-11-26/h3-5,7-8,12,14,19,26H,1-2,6,9-11,13,15H2,(H,24,27)/t19-/m0/s1. The first-order valence-corrected chi connectivity index (χ1v) is 9.49. The zero-order chi connectivity index (χ0) is 19.1. The molecule has 3 rings (SSSR count). The quantitative estimate of drug-likeness (QED) is 0.786. The minimum Gasteiger partial charge on any atom is -0.396 e. The lowest BCUT2D eigenvalue weighted by Gasteiger charge is -2.36. The zero-order valence-electron chi connectivity index (χ0n) is 15.4. The first-order chi connectivity index (χ1) is 13.2. The Morgan fingerprint density at radius 2 is 2.15 bits per heavy atom. The van der Waals surface area contributed by atoms with Gasteiger partial charge in [-0.1, -0.05) is 18.2 Å². The lowest BCUT2D eigenvalue weighted by atomic mass is 9.99. The molecule has 144 valence electrons. The van der Waals surface area contributed by atoms with Gasteiger partial charge >= 0.3 is 0 Å². The molecule has 0 radical (unpaired) electrons.